The SMILES string of the molecule is COc1ccc(N(Cc2nc(-c3cccc(Cl)c3)oc2C)S(=O)(=O)c2ccccc2)cc1. The van der Waals surface area contributed by atoms with Crippen LogP contribution in [0, 0.1) is 6.92 Å². The molecule has 3 aromatic carbocycles. The van der Waals surface area contributed by atoms with E-state index < -0.39 is 10.0 Å². The molecule has 4 rings (SSSR count). The monoisotopic (exact) mass is 468 g/mol. The van der Waals surface area contributed by atoms with E-state index in [0.717, 1.165) is 0 Å². The molecule has 0 aliphatic rings. The third-order valence-corrected chi connectivity index (χ3v) is 6.97. The number of halogens is 1. The van der Waals surface area contributed by atoms with Gasteiger partial charge in [0.1, 0.15) is 17.2 Å². The van der Waals surface area contributed by atoms with Gasteiger partial charge in [-0.3, -0.25) is 4.31 Å². The lowest BCUT2D eigenvalue weighted by molar-refractivity contribution is 0.415. The molecule has 1 aromatic heterocycles. The number of anilines is 1. The largest absolute Gasteiger partial charge is 0.497 e. The van der Waals surface area contributed by atoms with Crippen molar-refractivity contribution in [3.05, 3.63) is 95.3 Å². The molecule has 4 aromatic rings. The first kappa shape index (κ1) is 21.9. The van der Waals surface area contributed by atoms with E-state index in [0.29, 0.717) is 39.4 Å². The average Bonchev–Trinajstić information content (AvgIpc) is 3.18. The molecule has 0 unspecified atom stereocenters. The number of methoxy groups -OCH3 is 1. The van der Waals surface area contributed by atoms with Gasteiger partial charge in [0, 0.05) is 10.6 Å². The highest BCUT2D eigenvalue weighted by molar-refractivity contribution is 7.92. The summed E-state index contributed by atoms with van der Waals surface area (Å²) in [5.74, 6) is 1.54. The molecule has 0 aliphatic heterocycles. The van der Waals surface area contributed by atoms with Crippen LogP contribution in [-0.2, 0) is 16.6 Å². The maximum atomic E-state index is 13.5. The molecular weight excluding hydrogens is 448 g/mol. The summed E-state index contributed by atoms with van der Waals surface area (Å²) in [5, 5.41) is 0.561. The van der Waals surface area contributed by atoms with Gasteiger partial charge in [0.25, 0.3) is 10.0 Å². The van der Waals surface area contributed by atoms with Gasteiger partial charge < -0.3 is 9.15 Å². The Morgan fingerprint density at radius 2 is 1.72 bits per heavy atom. The molecule has 0 spiro atoms. The summed E-state index contributed by atoms with van der Waals surface area (Å²) in [6.07, 6.45) is 0. The Labute approximate surface area is 192 Å². The van der Waals surface area contributed by atoms with Crippen molar-refractivity contribution in [2.45, 2.75) is 18.4 Å². The van der Waals surface area contributed by atoms with Crippen LogP contribution < -0.4 is 9.04 Å². The number of benzene rings is 3. The average molecular weight is 469 g/mol. The summed E-state index contributed by atoms with van der Waals surface area (Å²) < 4.78 is 39.4. The van der Waals surface area contributed by atoms with Gasteiger partial charge in [-0.25, -0.2) is 13.4 Å². The predicted molar refractivity (Wildman–Crippen MR) is 124 cm³/mol. The van der Waals surface area contributed by atoms with Gasteiger partial charge in [0.05, 0.1) is 24.2 Å². The number of nitrogens with zero attached hydrogens (tertiary/aromatic N) is 2. The van der Waals surface area contributed by atoms with Crippen LogP contribution in [0.15, 0.2) is 88.2 Å². The normalized spacial score (nSPS) is 11.3. The summed E-state index contributed by atoms with van der Waals surface area (Å²) in [4.78, 5) is 4.76. The number of rotatable bonds is 7. The lowest BCUT2D eigenvalue weighted by atomic mass is 10.2. The molecule has 0 bridgehead atoms. The quantitative estimate of drug-likeness (QED) is 0.347. The highest BCUT2D eigenvalue weighted by Crippen LogP contribution is 2.30. The highest BCUT2D eigenvalue weighted by atomic mass is 35.5. The minimum absolute atomic E-state index is 0.000540. The van der Waals surface area contributed by atoms with Crippen LogP contribution in [0.3, 0.4) is 0 Å². The fourth-order valence-electron chi connectivity index (χ4n) is 3.24. The van der Waals surface area contributed by atoms with Crippen molar-refractivity contribution in [1.82, 2.24) is 4.98 Å². The van der Waals surface area contributed by atoms with Gasteiger partial charge in [0.15, 0.2) is 0 Å². The Kier molecular flexibility index (Phi) is 6.21. The van der Waals surface area contributed by atoms with Crippen LogP contribution in [0.4, 0.5) is 5.69 Å². The van der Waals surface area contributed by atoms with Gasteiger partial charge in [-0.15, -0.1) is 0 Å². The van der Waals surface area contributed by atoms with E-state index in [1.165, 1.54) is 4.31 Å². The lowest BCUT2D eigenvalue weighted by Crippen LogP contribution is -2.31. The number of ether oxygens (including phenoxy) is 1. The van der Waals surface area contributed by atoms with E-state index >= 15 is 0 Å². The van der Waals surface area contributed by atoms with E-state index in [1.54, 1.807) is 86.8 Å². The summed E-state index contributed by atoms with van der Waals surface area (Å²) in [5.41, 5.74) is 1.71. The Hall–Kier alpha value is -3.29. The van der Waals surface area contributed by atoms with Crippen LogP contribution in [0.1, 0.15) is 11.5 Å². The molecule has 8 heteroatoms. The second-order valence-corrected chi connectivity index (χ2v) is 9.35. The van der Waals surface area contributed by atoms with Crippen molar-refractivity contribution in [1.29, 1.82) is 0 Å². The molecule has 0 fully saturated rings. The van der Waals surface area contributed by atoms with Gasteiger partial charge in [0.2, 0.25) is 5.89 Å². The summed E-state index contributed by atoms with van der Waals surface area (Å²) in [6, 6.07) is 22.3. The van der Waals surface area contributed by atoms with E-state index in [4.69, 9.17) is 20.8 Å². The molecule has 164 valence electrons. The summed E-state index contributed by atoms with van der Waals surface area (Å²) >= 11 is 6.09. The first-order valence-electron chi connectivity index (χ1n) is 9.82. The Morgan fingerprint density at radius 3 is 2.38 bits per heavy atom. The number of hydrogen-bond donors (Lipinski definition) is 0. The molecular formula is C24H21ClN2O4S. The van der Waals surface area contributed by atoms with Gasteiger partial charge in [-0.1, -0.05) is 35.9 Å². The second kappa shape index (κ2) is 9.06. The number of sulfonamides is 1. The number of oxazole rings is 1. The number of hydrogen-bond acceptors (Lipinski definition) is 5. The van der Waals surface area contributed by atoms with Gasteiger partial charge in [-0.05, 0) is 61.5 Å². The van der Waals surface area contributed by atoms with Crippen LogP contribution >= 0.6 is 11.6 Å². The summed E-state index contributed by atoms with van der Waals surface area (Å²) in [6.45, 7) is 1.76. The highest BCUT2D eigenvalue weighted by Gasteiger charge is 2.27. The zero-order chi connectivity index (χ0) is 22.7. The first-order valence-corrected chi connectivity index (χ1v) is 11.6. The zero-order valence-corrected chi connectivity index (χ0v) is 19.1. The Bertz CT molecular complexity index is 1320. The summed E-state index contributed by atoms with van der Waals surface area (Å²) in [7, 11) is -2.30. The third-order valence-electron chi connectivity index (χ3n) is 4.95. The number of aryl methyl sites for hydroxylation is 1. The van der Waals surface area contributed by atoms with E-state index in [2.05, 4.69) is 4.98 Å². The molecule has 0 radical (unpaired) electrons. The third kappa shape index (κ3) is 4.49. The second-order valence-electron chi connectivity index (χ2n) is 7.06. The molecule has 0 saturated heterocycles. The van der Waals surface area contributed by atoms with Crippen LogP contribution in [0.5, 0.6) is 5.75 Å². The molecule has 32 heavy (non-hydrogen) atoms. The minimum Gasteiger partial charge on any atom is -0.497 e. The van der Waals surface area contributed by atoms with E-state index in [-0.39, 0.29) is 11.4 Å². The molecule has 1 heterocycles. The van der Waals surface area contributed by atoms with Crippen LogP contribution in [-0.4, -0.2) is 20.5 Å². The smallest absolute Gasteiger partial charge is 0.264 e. The van der Waals surface area contributed by atoms with E-state index in [9.17, 15) is 8.42 Å². The molecule has 0 saturated carbocycles. The molecule has 0 N–H and O–H groups in total. The topological polar surface area (TPSA) is 72.6 Å². The fraction of sp³-hybridized carbons (Fsp3) is 0.125. The molecule has 0 aliphatic carbocycles. The van der Waals surface area contributed by atoms with Crippen molar-refractivity contribution in [2.75, 3.05) is 11.4 Å². The Balaban J connectivity index is 1.76. The minimum atomic E-state index is -3.86. The Morgan fingerprint density at radius 1 is 1.00 bits per heavy atom. The van der Waals surface area contributed by atoms with Crippen molar-refractivity contribution in [2.24, 2.45) is 0 Å². The standard InChI is InChI=1S/C24H21ClN2O4S/c1-17-23(26-24(31-17)18-7-6-8-19(25)15-18)16-27(20-11-13-21(30-2)14-12-20)32(28,29)22-9-4-3-5-10-22/h3-15H,16H2,1-2H3. The van der Waals surface area contributed by atoms with Crippen LogP contribution in [0.2, 0.25) is 5.02 Å². The maximum absolute atomic E-state index is 13.5. The maximum Gasteiger partial charge on any atom is 0.264 e. The van der Waals surface area contributed by atoms with Crippen molar-refractivity contribution >= 4 is 27.3 Å². The molecule has 0 amide bonds. The lowest BCUT2D eigenvalue weighted by Gasteiger charge is -2.24. The molecule has 0 atom stereocenters. The number of aromatic nitrogens is 1. The van der Waals surface area contributed by atoms with Crippen LogP contribution in [0.25, 0.3) is 11.5 Å². The fourth-order valence-corrected chi connectivity index (χ4v) is 4.88. The van der Waals surface area contributed by atoms with Crippen molar-refractivity contribution in [3.63, 3.8) is 0 Å². The van der Waals surface area contributed by atoms with E-state index in [1.807, 2.05) is 6.07 Å². The first-order chi connectivity index (χ1) is 15.4. The van der Waals surface area contributed by atoms with Gasteiger partial charge >= 0.3 is 0 Å². The van der Waals surface area contributed by atoms with Crippen molar-refractivity contribution in [3.8, 4) is 17.2 Å². The van der Waals surface area contributed by atoms with Crippen molar-refractivity contribution < 1.29 is 17.6 Å². The molecule has 6 nitrogen and oxygen atoms in total. The zero-order valence-electron chi connectivity index (χ0n) is 17.5. The van der Waals surface area contributed by atoms with Gasteiger partial charge in [-0.2, -0.15) is 0 Å². The predicted octanol–water partition coefficient (Wildman–Crippen LogP) is 5.71.